The molecule has 0 unspecified atom stereocenters. The first-order valence-electron chi connectivity index (χ1n) is 7.61. The molecule has 23 heavy (non-hydrogen) atoms. The molecule has 0 heterocycles. The van der Waals surface area contributed by atoms with E-state index in [0.29, 0.717) is 16.7 Å². The third-order valence-electron chi connectivity index (χ3n) is 3.51. The maximum absolute atomic E-state index is 12.2. The highest BCUT2D eigenvalue weighted by Gasteiger charge is 2.28. The van der Waals surface area contributed by atoms with Gasteiger partial charge in [-0.15, -0.1) is 0 Å². The maximum Gasteiger partial charge on any atom is 0.338 e. The lowest BCUT2D eigenvalue weighted by molar-refractivity contribution is -0.137. The smallest absolute Gasteiger partial charge is 0.338 e. The summed E-state index contributed by atoms with van der Waals surface area (Å²) in [7, 11) is 0. The van der Waals surface area contributed by atoms with Gasteiger partial charge in [0.1, 0.15) is 12.4 Å². The fraction of sp³-hybridized carbons (Fsp3) is 0.556. The van der Waals surface area contributed by atoms with Crippen molar-refractivity contribution in [3.05, 3.63) is 28.8 Å². The van der Waals surface area contributed by atoms with Gasteiger partial charge < -0.3 is 14.9 Å². The average Bonchev–Trinajstić information content (AvgIpc) is 2.35. The minimum absolute atomic E-state index is 0.176. The monoisotopic (exact) mass is 322 g/mol. The van der Waals surface area contributed by atoms with E-state index in [-0.39, 0.29) is 29.6 Å². The van der Waals surface area contributed by atoms with Crippen LogP contribution in [0.2, 0.25) is 0 Å². The molecule has 128 valence electrons. The highest BCUT2D eigenvalue weighted by atomic mass is 16.5. The van der Waals surface area contributed by atoms with Crippen molar-refractivity contribution in [2.75, 3.05) is 6.61 Å². The maximum atomic E-state index is 12.2. The predicted octanol–water partition coefficient (Wildman–Crippen LogP) is 3.62. The summed E-state index contributed by atoms with van der Waals surface area (Å²) in [6.45, 7) is 11.5. The van der Waals surface area contributed by atoms with Crippen molar-refractivity contribution < 1.29 is 24.5 Å². The Balaban J connectivity index is 3.28. The van der Waals surface area contributed by atoms with Crippen molar-refractivity contribution in [3.63, 3.8) is 0 Å². The summed E-state index contributed by atoms with van der Waals surface area (Å²) in [5.74, 6) is -1.41. The van der Waals surface area contributed by atoms with Gasteiger partial charge in [0.25, 0.3) is 0 Å². The predicted molar refractivity (Wildman–Crippen MR) is 88.0 cm³/mol. The lowest BCUT2D eigenvalue weighted by atomic mass is 9.78. The van der Waals surface area contributed by atoms with E-state index >= 15 is 0 Å². The Kier molecular flexibility index (Phi) is 5.46. The zero-order valence-corrected chi connectivity index (χ0v) is 14.7. The van der Waals surface area contributed by atoms with Crippen molar-refractivity contribution in [1.29, 1.82) is 0 Å². The molecule has 0 aliphatic carbocycles. The van der Waals surface area contributed by atoms with Crippen LogP contribution in [0.5, 0.6) is 5.75 Å². The molecule has 0 saturated heterocycles. The normalized spacial score (nSPS) is 12.1. The molecule has 0 spiro atoms. The largest absolute Gasteiger partial charge is 0.507 e. The fourth-order valence-electron chi connectivity index (χ4n) is 2.21. The third-order valence-corrected chi connectivity index (χ3v) is 3.51. The van der Waals surface area contributed by atoms with E-state index in [9.17, 15) is 14.7 Å². The molecule has 1 aromatic rings. The molecule has 1 aromatic carbocycles. The van der Waals surface area contributed by atoms with Gasteiger partial charge in [-0.25, -0.2) is 4.79 Å². The van der Waals surface area contributed by atoms with Gasteiger partial charge in [-0.05, 0) is 23.0 Å². The number of carboxylic acids is 1. The number of aromatic hydroxyl groups is 1. The van der Waals surface area contributed by atoms with Crippen molar-refractivity contribution >= 4 is 11.9 Å². The van der Waals surface area contributed by atoms with Crippen molar-refractivity contribution in [2.24, 2.45) is 0 Å². The van der Waals surface area contributed by atoms with Crippen LogP contribution in [0.4, 0.5) is 0 Å². The van der Waals surface area contributed by atoms with Crippen LogP contribution in [-0.2, 0) is 20.4 Å². The minimum Gasteiger partial charge on any atom is -0.507 e. The molecular formula is C18H26O5. The van der Waals surface area contributed by atoms with Crippen LogP contribution < -0.4 is 0 Å². The molecule has 0 aromatic heterocycles. The number of carboxylic acid groups (broad SMARTS) is 1. The van der Waals surface area contributed by atoms with Crippen molar-refractivity contribution in [1.82, 2.24) is 0 Å². The first-order valence-corrected chi connectivity index (χ1v) is 7.61. The molecule has 0 amide bonds. The summed E-state index contributed by atoms with van der Waals surface area (Å²) in [6.07, 6.45) is -0.234. The van der Waals surface area contributed by atoms with Crippen LogP contribution in [0.25, 0.3) is 0 Å². The third kappa shape index (κ3) is 4.98. The number of rotatable bonds is 4. The van der Waals surface area contributed by atoms with E-state index in [2.05, 4.69) is 0 Å². The molecule has 2 N–H and O–H groups in total. The van der Waals surface area contributed by atoms with E-state index in [1.165, 1.54) is 0 Å². The Morgan fingerprint density at radius 1 is 1.00 bits per heavy atom. The molecule has 0 atom stereocenters. The van der Waals surface area contributed by atoms with Gasteiger partial charge in [-0.3, -0.25) is 4.79 Å². The summed E-state index contributed by atoms with van der Waals surface area (Å²) in [4.78, 5) is 22.7. The molecule has 1 rings (SSSR count). The number of hydrogen-bond acceptors (Lipinski definition) is 4. The zero-order chi connectivity index (χ0) is 18.0. The second-order valence-corrected chi connectivity index (χ2v) is 7.70. The molecule has 0 radical (unpaired) electrons. The minimum atomic E-state index is -1.02. The molecule has 0 bridgehead atoms. The van der Waals surface area contributed by atoms with E-state index < -0.39 is 11.9 Å². The van der Waals surface area contributed by atoms with Crippen LogP contribution in [-0.4, -0.2) is 28.8 Å². The summed E-state index contributed by atoms with van der Waals surface area (Å²) in [5.41, 5.74) is 0.955. The fourth-order valence-corrected chi connectivity index (χ4v) is 2.21. The van der Waals surface area contributed by atoms with E-state index in [4.69, 9.17) is 9.84 Å². The molecule has 0 saturated carbocycles. The Bertz CT molecular complexity index is 568. The number of benzene rings is 1. The number of carbonyl (C=O) groups is 2. The number of phenols is 1. The number of carbonyl (C=O) groups excluding carboxylic acids is 1. The number of esters is 1. The summed E-state index contributed by atoms with van der Waals surface area (Å²) in [6, 6.07) is 3.24. The topological polar surface area (TPSA) is 83.8 Å². The van der Waals surface area contributed by atoms with Gasteiger partial charge >= 0.3 is 11.9 Å². The second-order valence-electron chi connectivity index (χ2n) is 7.70. The van der Waals surface area contributed by atoms with E-state index in [1.54, 1.807) is 12.1 Å². The van der Waals surface area contributed by atoms with E-state index in [0.717, 1.165) is 0 Å². The number of phenolic OH excluding ortho intramolecular Hbond substituents is 1. The average molecular weight is 322 g/mol. The molecule has 5 heteroatoms. The van der Waals surface area contributed by atoms with Gasteiger partial charge in [-0.1, -0.05) is 41.5 Å². The zero-order valence-electron chi connectivity index (χ0n) is 14.7. The van der Waals surface area contributed by atoms with Gasteiger partial charge in [-0.2, -0.15) is 0 Å². The van der Waals surface area contributed by atoms with Crippen molar-refractivity contribution in [2.45, 2.75) is 58.8 Å². The standard InChI is InChI=1S/C18H26O5/c1-17(2,3)12-9-11(16(22)23-8-7-14(19)20)10-13(15(12)21)18(4,5)6/h9-10,21H,7-8H2,1-6H3,(H,19,20). The van der Waals surface area contributed by atoms with Crippen LogP contribution >= 0.6 is 0 Å². The van der Waals surface area contributed by atoms with Gasteiger partial charge in [0.2, 0.25) is 0 Å². The van der Waals surface area contributed by atoms with Crippen LogP contribution in [0.3, 0.4) is 0 Å². The van der Waals surface area contributed by atoms with Gasteiger partial charge in [0, 0.05) is 11.1 Å². The van der Waals surface area contributed by atoms with Crippen LogP contribution in [0.1, 0.15) is 69.4 Å². The van der Waals surface area contributed by atoms with Crippen molar-refractivity contribution in [3.8, 4) is 5.75 Å². The molecule has 0 aliphatic rings. The highest BCUT2D eigenvalue weighted by molar-refractivity contribution is 5.90. The Morgan fingerprint density at radius 3 is 1.78 bits per heavy atom. The number of hydrogen-bond donors (Lipinski definition) is 2. The summed E-state index contributed by atoms with van der Waals surface area (Å²) in [5, 5.41) is 19.2. The molecule has 5 nitrogen and oxygen atoms in total. The highest BCUT2D eigenvalue weighted by Crippen LogP contribution is 2.39. The van der Waals surface area contributed by atoms with E-state index in [1.807, 2.05) is 41.5 Å². The Hall–Kier alpha value is -2.04. The van der Waals surface area contributed by atoms with Crippen LogP contribution in [0, 0.1) is 0 Å². The number of ether oxygens (including phenoxy) is 1. The molecular weight excluding hydrogens is 296 g/mol. The van der Waals surface area contributed by atoms with Crippen LogP contribution in [0.15, 0.2) is 12.1 Å². The Labute approximate surface area is 137 Å². The lowest BCUT2D eigenvalue weighted by Gasteiger charge is -2.27. The SMILES string of the molecule is CC(C)(C)c1cc(C(=O)OCCC(=O)O)cc(C(C)(C)C)c1O. The van der Waals surface area contributed by atoms with Gasteiger partial charge in [0.15, 0.2) is 0 Å². The number of aliphatic carboxylic acids is 1. The summed E-state index contributed by atoms with van der Waals surface area (Å²) >= 11 is 0. The second kappa shape index (κ2) is 6.60. The molecule has 0 fully saturated rings. The quantitative estimate of drug-likeness (QED) is 0.827. The Morgan fingerprint density at radius 2 is 1.43 bits per heavy atom. The summed E-state index contributed by atoms with van der Waals surface area (Å²) < 4.78 is 5.01. The molecule has 0 aliphatic heterocycles. The lowest BCUT2D eigenvalue weighted by Crippen LogP contribution is -2.19. The first-order chi connectivity index (χ1) is 10.3. The van der Waals surface area contributed by atoms with Gasteiger partial charge in [0.05, 0.1) is 12.0 Å². The first kappa shape index (κ1) is 19.0.